The first-order valence-electron chi connectivity index (χ1n) is 6.41. The first kappa shape index (κ1) is 14.8. The van der Waals surface area contributed by atoms with Crippen LogP contribution in [-0.4, -0.2) is 25.7 Å². The van der Waals surface area contributed by atoms with Crippen LogP contribution in [0.3, 0.4) is 0 Å². The zero-order chi connectivity index (χ0) is 13.9. The van der Waals surface area contributed by atoms with Crippen LogP contribution in [0.1, 0.15) is 30.7 Å². The van der Waals surface area contributed by atoms with E-state index in [0.717, 1.165) is 9.21 Å². The monoisotopic (exact) mass is 302 g/mol. The standard InChI is InChI=1S/C13H19ClN2O2S/c1-9(10-2-3-11(14)19-10)16-12(17)13(8-15)4-6-18-7-5-13/h2-3,9H,4-8,15H2,1H3,(H,16,17). The van der Waals surface area contributed by atoms with Crippen molar-refractivity contribution in [1.29, 1.82) is 0 Å². The number of amides is 1. The highest BCUT2D eigenvalue weighted by atomic mass is 35.5. The highest BCUT2D eigenvalue weighted by Gasteiger charge is 2.39. The molecule has 6 heteroatoms. The second kappa shape index (κ2) is 6.22. The molecule has 1 aromatic rings. The fraction of sp³-hybridized carbons (Fsp3) is 0.615. The van der Waals surface area contributed by atoms with Crippen molar-refractivity contribution in [2.75, 3.05) is 19.8 Å². The summed E-state index contributed by atoms with van der Waals surface area (Å²) < 4.78 is 6.05. The van der Waals surface area contributed by atoms with E-state index in [1.807, 2.05) is 19.1 Å². The van der Waals surface area contributed by atoms with Crippen LogP contribution >= 0.6 is 22.9 Å². The van der Waals surface area contributed by atoms with Crippen LogP contribution in [0.25, 0.3) is 0 Å². The summed E-state index contributed by atoms with van der Waals surface area (Å²) >= 11 is 7.40. The van der Waals surface area contributed by atoms with Crippen LogP contribution in [0.5, 0.6) is 0 Å². The molecule has 19 heavy (non-hydrogen) atoms. The molecule has 3 N–H and O–H groups in total. The lowest BCUT2D eigenvalue weighted by molar-refractivity contribution is -0.136. The van der Waals surface area contributed by atoms with Gasteiger partial charge in [0.15, 0.2) is 0 Å². The van der Waals surface area contributed by atoms with Crippen LogP contribution in [-0.2, 0) is 9.53 Å². The van der Waals surface area contributed by atoms with Crippen molar-refractivity contribution in [3.63, 3.8) is 0 Å². The van der Waals surface area contributed by atoms with E-state index in [9.17, 15) is 4.79 Å². The summed E-state index contributed by atoms with van der Waals surface area (Å²) in [4.78, 5) is 13.5. The Morgan fingerprint density at radius 3 is 2.79 bits per heavy atom. The minimum absolute atomic E-state index is 0.0234. The number of halogens is 1. The number of nitrogens with one attached hydrogen (secondary N) is 1. The molecule has 1 aliphatic heterocycles. The Balaban J connectivity index is 2.03. The van der Waals surface area contributed by atoms with Crippen molar-refractivity contribution >= 4 is 28.8 Å². The Hall–Kier alpha value is -0.620. The topological polar surface area (TPSA) is 64.4 Å². The van der Waals surface area contributed by atoms with Crippen LogP contribution in [0.2, 0.25) is 4.34 Å². The van der Waals surface area contributed by atoms with E-state index in [2.05, 4.69) is 5.32 Å². The molecule has 0 saturated carbocycles. The van der Waals surface area contributed by atoms with Gasteiger partial charge < -0.3 is 15.8 Å². The third kappa shape index (κ3) is 3.28. The number of carbonyl (C=O) groups excluding carboxylic acids is 1. The lowest BCUT2D eigenvalue weighted by atomic mass is 9.79. The van der Waals surface area contributed by atoms with E-state index >= 15 is 0 Å². The van der Waals surface area contributed by atoms with Crippen molar-refractivity contribution in [2.45, 2.75) is 25.8 Å². The Morgan fingerprint density at radius 2 is 2.26 bits per heavy atom. The van der Waals surface area contributed by atoms with Crippen LogP contribution < -0.4 is 11.1 Å². The van der Waals surface area contributed by atoms with Crippen molar-refractivity contribution in [3.8, 4) is 0 Å². The first-order chi connectivity index (χ1) is 9.07. The molecule has 0 spiro atoms. The zero-order valence-electron chi connectivity index (χ0n) is 10.9. The molecule has 1 aromatic heterocycles. The van der Waals surface area contributed by atoms with Gasteiger partial charge in [-0.1, -0.05) is 11.6 Å². The maximum atomic E-state index is 12.5. The van der Waals surface area contributed by atoms with E-state index < -0.39 is 5.41 Å². The molecule has 1 unspecified atom stereocenters. The number of carbonyl (C=O) groups is 1. The van der Waals surface area contributed by atoms with E-state index in [1.54, 1.807) is 0 Å². The number of hydrogen-bond acceptors (Lipinski definition) is 4. The Bertz CT molecular complexity index is 444. The smallest absolute Gasteiger partial charge is 0.228 e. The number of ether oxygens (including phenoxy) is 1. The Morgan fingerprint density at radius 1 is 1.58 bits per heavy atom. The molecular weight excluding hydrogens is 284 g/mol. The molecule has 1 fully saturated rings. The van der Waals surface area contributed by atoms with Crippen LogP contribution in [0.15, 0.2) is 12.1 Å². The van der Waals surface area contributed by atoms with Gasteiger partial charge in [-0.15, -0.1) is 11.3 Å². The predicted octanol–water partition coefficient (Wildman–Crippen LogP) is 2.33. The molecule has 0 bridgehead atoms. The molecular formula is C13H19ClN2O2S. The lowest BCUT2D eigenvalue weighted by Crippen LogP contribution is -2.49. The van der Waals surface area contributed by atoms with Crippen molar-refractivity contribution in [2.24, 2.45) is 11.1 Å². The number of nitrogens with two attached hydrogens (primary N) is 1. The van der Waals surface area contributed by atoms with Crippen LogP contribution in [0.4, 0.5) is 0 Å². The average Bonchev–Trinajstić information content (AvgIpc) is 2.86. The fourth-order valence-corrected chi connectivity index (χ4v) is 3.33. The van der Waals surface area contributed by atoms with Gasteiger partial charge in [0.05, 0.1) is 15.8 Å². The maximum absolute atomic E-state index is 12.5. The molecule has 1 atom stereocenters. The maximum Gasteiger partial charge on any atom is 0.228 e. The van der Waals surface area contributed by atoms with E-state index in [0.29, 0.717) is 32.6 Å². The molecule has 4 nitrogen and oxygen atoms in total. The second-order valence-corrected chi connectivity index (χ2v) is 6.68. The van der Waals surface area contributed by atoms with E-state index in [4.69, 9.17) is 22.1 Å². The normalized spacial score (nSPS) is 19.9. The van der Waals surface area contributed by atoms with Crippen LogP contribution in [0, 0.1) is 5.41 Å². The van der Waals surface area contributed by atoms with Gasteiger partial charge in [-0.25, -0.2) is 0 Å². The van der Waals surface area contributed by atoms with E-state index in [1.165, 1.54) is 11.3 Å². The van der Waals surface area contributed by atoms with Gasteiger partial charge in [0, 0.05) is 24.6 Å². The molecule has 0 aliphatic carbocycles. The van der Waals surface area contributed by atoms with Crippen molar-refractivity contribution in [3.05, 3.63) is 21.3 Å². The minimum Gasteiger partial charge on any atom is -0.381 e. The average molecular weight is 303 g/mol. The molecule has 2 rings (SSSR count). The Kier molecular flexibility index (Phi) is 4.84. The van der Waals surface area contributed by atoms with Gasteiger partial charge in [0.2, 0.25) is 5.91 Å². The molecule has 2 heterocycles. The van der Waals surface area contributed by atoms with Crippen molar-refractivity contribution < 1.29 is 9.53 Å². The number of thiophene rings is 1. The SMILES string of the molecule is CC(NC(=O)C1(CN)CCOCC1)c1ccc(Cl)s1. The zero-order valence-corrected chi connectivity index (χ0v) is 12.5. The van der Waals surface area contributed by atoms with Gasteiger partial charge >= 0.3 is 0 Å². The summed E-state index contributed by atoms with van der Waals surface area (Å²) in [5.41, 5.74) is 5.34. The Labute approximate surface area is 122 Å². The summed E-state index contributed by atoms with van der Waals surface area (Å²) in [7, 11) is 0. The largest absolute Gasteiger partial charge is 0.381 e. The second-order valence-electron chi connectivity index (χ2n) is 4.93. The summed E-state index contributed by atoms with van der Waals surface area (Å²) in [5, 5.41) is 3.05. The highest BCUT2D eigenvalue weighted by Crippen LogP contribution is 2.32. The molecule has 1 aliphatic rings. The minimum atomic E-state index is -0.479. The van der Waals surface area contributed by atoms with Gasteiger partial charge in [0.25, 0.3) is 0 Å². The van der Waals surface area contributed by atoms with Gasteiger partial charge in [0.1, 0.15) is 0 Å². The van der Waals surface area contributed by atoms with Gasteiger partial charge in [-0.2, -0.15) is 0 Å². The van der Waals surface area contributed by atoms with E-state index in [-0.39, 0.29) is 11.9 Å². The number of rotatable bonds is 4. The van der Waals surface area contributed by atoms with Gasteiger partial charge in [-0.05, 0) is 31.9 Å². The molecule has 0 aromatic carbocycles. The highest BCUT2D eigenvalue weighted by molar-refractivity contribution is 7.16. The third-order valence-corrected chi connectivity index (χ3v) is 5.10. The summed E-state index contributed by atoms with van der Waals surface area (Å²) in [6, 6.07) is 3.74. The van der Waals surface area contributed by atoms with Crippen molar-refractivity contribution in [1.82, 2.24) is 5.32 Å². The van der Waals surface area contributed by atoms with Gasteiger partial charge in [-0.3, -0.25) is 4.79 Å². The first-order valence-corrected chi connectivity index (χ1v) is 7.61. The third-order valence-electron chi connectivity index (χ3n) is 3.69. The fourth-order valence-electron chi connectivity index (χ4n) is 2.27. The predicted molar refractivity (Wildman–Crippen MR) is 77.4 cm³/mol. The lowest BCUT2D eigenvalue weighted by Gasteiger charge is -2.35. The summed E-state index contributed by atoms with van der Waals surface area (Å²) in [5.74, 6) is 0.0234. The number of hydrogen-bond donors (Lipinski definition) is 2. The molecule has 1 saturated heterocycles. The summed E-state index contributed by atoms with van der Waals surface area (Å²) in [6.45, 7) is 3.53. The summed E-state index contributed by atoms with van der Waals surface area (Å²) in [6.07, 6.45) is 1.38. The molecule has 106 valence electrons. The molecule has 0 radical (unpaired) electrons. The molecule has 1 amide bonds. The quantitative estimate of drug-likeness (QED) is 0.897.